The van der Waals surface area contributed by atoms with E-state index in [1.807, 2.05) is 0 Å². The lowest BCUT2D eigenvalue weighted by molar-refractivity contribution is -0.284. The zero-order valence-corrected chi connectivity index (χ0v) is 20.8. The Morgan fingerprint density at radius 2 is 1.90 bits per heavy atom. The minimum Gasteiger partial charge on any atom is -0.383 e. The Morgan fingerprint density at radius 3 is 2.55 bits per heavy atom. The minimum atomic E-state index is -5.73. The number of rotatable bonds is 7. The van der Waals surface area contributed by atoms with Gasteiger partial charge in [0.2, 0.25) is 11.8 Å². The van der Waals surface area contributed by atoms with Crippen LogP contribution in [0.1, 0.15) is 43.9 Å². The highest BCUT2D eigenvalue weighted by molar-refractivity contribution is 6.22. The van der Waals surface area contributed by atoms with Gasteiger partial charge in [0.25, 0.3) is 5.91 Å². The van der Waals surface area contributed by atoms with Crippen molar-refractivity contribution in [1.82, 2.24) is 35.2 Å². The largest absolute Gasteiger partial charge is 0.453 e. The van der Waals surface area contributed by atoms with E-state index in [0.29, 0.717) is 12.8 Å². The first-order chi connectivity index (χ1) is 18.8. The van der Waals surface area contributed by atoms with Crippen LogP contribution < -0.4 is 21.9 Å². The standard InChI is InChI=1S/C23H22F5N9O3/c1-2-13(38)35-36-20(40)22(10-3-4-10)14-15(29)32-16(33-17(14)34-19(22)39)12-9-37-8-7-30-18(37)11(31-12)5-6-21(24,25)23(26,27)28/h7-10H,2-6H2,1H3,(H,35,38)(H,36,40)(H3,29,32,33,34,39). The smallest absolute Gasteiger partial charge is 0.383 e. The average molecular weight is 567 g/mol. The molecular weight excluding hydrogens is 545 g/mol. The van der Waals surface area contributed by atoms with Crippen LogP contribution in [0, 0.1) is 5.92 Å². The predicted molar refractivity (Wildman–Crippen MR) is 127 cm³/mol. The average Bonchev–Trinajstić information content (AvgIpc) is 3.54. The number of hydrogen-bond acceptors (Lipinski definition) is 8. The maximum atomic E-state index is 13.6. The first kappa shape index (κ1) is 27.1. The Kier molecular flexibility index (Phi) is 6.34. The van der Waals surface area contributed by atoms with Crippen LogP contribution in [0.5, 0.6) is 0 Å². The summed E-state index contributed by atoms with van der Waals surface area (Å²) in [6.45, 7) is 1.57. The second-order valence-electron chi connectivity index (χ2n) is 9.48. The lowest BCUT2D eigenvalue weighted by Gasteiger charge is -2.26. The second kappa shape index (κ2) is 9.34. The molecule has 5 rings (SSSR count). The van der Waals surface area contributed by atoms with Gasteiger partial charge >= 0.3 is 12.1 Å². The van der Waals surface area contributed by atoms with Crippen LogP contribution in [-0.2, 0) is 26.2 Å². The summed E-state index contributed by atoms with van der Waals surface area (Å²) in [5.41, 5.74) is 8.79. The summed E-state index contributed by atoms with van der Waals surface area (Å²) in [5, 5.41) is 2.54. The van der Waals surface area contributed by atoms with Crippen molar-refractivity contribution in [2.75, 3.05) is 11.1 Å². The summed E-state index contributed by atoms with van der Waals surface area (Å²) in [5.74, 6) is -7.93. The third kappa shape index (κ3) is 4.34. The van der Waals surface area contributed by atoms with E-state index in [9.17, 15) is 36.3 Å². The number of carbonyl (C=O) groups is 3. The van der Waals surface area contributed by atoms with Gasteiger partial charge in [-0.05, 0) is 25.2 Å². The zero-order chi connectivity index (χ0) is 29.0. The molecule has 4 heterocycles. The van der Waals surface area contributed by atoms with Gasteiger partial charge < -0.3 is 15.5 Å². The van der Waals surface area contributed by atoms with Gasteiger partial charge in [0.15, 0.2) is 16.9 Å². The number of aromatic nitrogens is 5. The molecular formula is C23H22F5N9O3. The lowest BCUT2D eigenvalue weighted by atomic mass is 9.76. The first-order valence-electron chi connectivity index (χ1n) is 12.2. The SMILES string of the molecule is CCC(=O)NNC(=O)C1(C2CC2)C(=O)Nc2nc(-c3cn4ccnc4c(CCC(F)(F)C(F)(F)F)n3)nc(N)c21. The highest BCUT2D eigenvalue weighted by atomic mass is 19.4. The molecule has 12 nitrogen and oxygen atoms in total. The summed E-state index contributed by atoms with van der Waals surface area (Å²) in [6.07, 6.45) is -2.83. The number of nitrogens with two attached hydrogens (primary N) is 1. The molecule has 2 aliphatic rings. The number of amides is 3. The van der Waals surface area contributed by atoms with Crippen LogP contribution in [0.3, 0.4) is 0 Å². The molecule has 0 bridgehead atoms. The number of nitrogen functional groups attached to an aromatic ring is 1. The van der Waals surface area contributed by atoms with E-state index in [4.69, 9.17) is 5.73 Å². The number of nitrogens with zero attached hydrogens (tertiary/aromatic N) is 5. The summed E-state index contributed by atoms with van der Waals surface area (Å²) in [4.78, 5) is 54.9. The topological polar surface area (TPSA) is 169 Å². The summed E-state index contributed by atoms with van der Waals surface area (Å²) in [6, 6.07) is 0. The fraction of sp³-hybridized carbons (Fsp3) is 0.435. The van der Waals surface area contributed by atoms with Crippen molar-refractivity contribution in [3.8, 4) is 11.5 Å². The van der Waals surface area contributed by atoms with E-state index in [-0.39, 0.29) is 46.5 Å². The maximum absolute atomic E-state index is 13.6. The number of halogens is 5. The van der Waals surface area contributed by atoms with Crippen molar-refractivity contribution in [2.24, 2.45) is 5.92 Å². The molecule has 3 aromatic rings. The molecule has 40 heavy (non-hydrogen) atoms. The normalized spacial score (nSPS) is 18.9. The molecule has 1 aliphatic carbocycles. The van der Waals surface area contributed by atoms with Crippen molar-refractivity contribution in [3.05, 3.63) is 29.8 Å². The van der Waals surface area contributed by atoms with E-state index in [2.05, 4.69) is 36.1 Å². The Morgan fingerprint density at radius 1 is 1.18 bits per heavy atom. The molecule has 5 N–H and O–H groups in total. The quantitative estimate of drug-likeness (QED) is 0.191. The van der Waals surface area contributed by atoms with Gasteiger partial charge in [-0.25, -0.2) is 19.9 Å². The van der Waals surface area contributed by atoms with Crippen molar-refractivity contribution >= 4 is 35.0 Å². The fourth-order valence-corrected chi connectivity index (χ4v) is 4.70. The summed E-state index contributed by atoms with van der Waals surface area (Å²) in [7, 11) is 0. The van der Waals surface area contributed by atoms with Crippen molar-refractivity contribution in [3.63, 3.8) is 0 Å². The van der Waals surface area contributed by atoms with Gasteiger partial charge in [0, 0.05) is 31.4 Å². The molecule has 212 valence electrons. The summed E-state index contributed by atoms with van der Waals surface area (Å²) >= 11 is 0. The molecule has 17 heteroatoms. The molecule has 1 atom stereocenters. The third-order valence-electron chi connectivity index (χ3n) is 6.87. The Labute approximate surface area is 221 Å². The van der Waals surface area contributed by atoms with Crippen LogP contribution in [0.25, 0.3) is 17.2 Å². The highest BCUT2D eigenvalue weighted by Gasteiger charge is 2.63. The van der Waals surface area contributed by atoms with E-state index in [1.165, 1.54) is 23.0 Å². The fourth-order valence-electron chi connectivity index (χ4n) is 4.70. The van der Waals surface area contributed by atoms with Crippen LogP contribution in [0.4, 0.5) is 33.6 Å². The molecule has 1 fully saturated rings. The molecule has 1 unspecified atom stereocenters. The number of nitrogens with one attached hydrogen (secondary N) is 3. The maximum Gasteiger partial charge on any atom is 0.453 e. The number of aryl methyl sites for hydroxylation is 1. The van der Waals surface area contributed by atoms with Crippen molar-refractivity contribution in [1.29, 1.82) is 0 Å². The Balaban J connectivity index is 1.53. The molecule has 0 spiro atoms. The number of carbonyl (C=O) groups excluding carboxylic acids is 3. The van der Waals surface area contributed by atoms with Gasteiger partial charge in [-0.3, -0.25) is 25.2 Å². The molecule has 1 aliphatic heterocycles. The molecule has 3 aromatic heterocycles. The number of fused-ring (bicyclic) bond motifs is 2. The van der Waals surface area contributed by atoms with E-state index in [0.717, 1.165) is 0 Å². The number of anilines is 2. The van der Waals surface area contributed by atoms with E-state index in [1.54, 1.807) is 6.92 Å². The highest BCUT2D eigenvalue weighted by Crippen LogP contribution is 2.54. The second-order valence-corrected chi connectivity index (χ2v) is 9.48. The van der Waals surface area contributed by atoms with E-state index >= 15 is 0 Å². The summed E-state index contributed by atoms with van der Waals surface area (Å²) < 4.78 is 66.7. The van der Waals surface area contributed by atoms with Crippen LogP contribution in [0.2, 0.25) is 0 Å². The van der Waals surface area contributed by atoms with Crippen LogP contribution >= 0.6 is 0 Å². The molecule has 1 saturated carbocycles. The van der Waals surface area contributed by atoms with Gasteiger partial charge in [0.1, 0.15) is 17.3 Å². The van der Waals surface area contributed by atoms with Crippen molar-refractivity contribution in [2.45, 2.75) is 56.5 Å². The Bertz CT molecular complexity index is 1540. The van der Waals surface area contributed by atoms with Crippen LogP contribution in [0.15, 0.2) is 18.6 Å². The number of imidazole rings is 1. The van der Waals surface area contributed by atoms with Crippen LogP contribution in [-0.4, -0.2) is 54.2 Å². The third-order valence-corrected chi connectivity index (χ3v) is 6.87. The van der Waals surface area contributed by atoms with E-state index < -0.39 is 54.0 Å². The Hall–Kier alpha value is -4.44. The first-order valence-corrected chi connectivity index (χ1v) is 12.2. The van der Waals surface area contributed by atoms with Crippen molar-refractivity contribution < 1.29 is 36.3 Å². The number of hydrogen-bond donors (Lipinski definition) is 4. The van der Waals surface area contributed by atoms with Gasteiger partial charge in [-0.15, -0.1) is 0 Å². The minimum absolute atomic E-state index is 0.0146. The number of alkyl halides is 5. The van der Waals surface area contributed by atoms with Gasteiger partial charge in [-0.2, -0.15) is 22.0 Å². The van der Waals surface area contributed by atoms with Gasteiger partial charge in [-0.1, -0.05) is 6.92 Å². The predicted octanol–water partition coefficient (Wildman–Crippen LogP) is 2.06. The monoisotopic (exact) mass is 567 g/mol. The number of hydrazine groups is 1. The molecule has 3 amide bonds. The zero-order valence-electron chi connectivity index (χ0n) is 20.8. The molecule has 0 radical (unpaired) electrons. The lowest BCUT2D eigenvalue weighted by Crippen LogP contribution is -2.55. The molecule has 0 aromatic carbocycles. The molecule has 0 saturated heterocycles. The van der Waals surface area contributed by atoms with Gasteiger partial charge in [0.05, 0.1) is 11.3 Å².